The highest BCUT2D eigenvalue weighted by Crippen LogP contribution is 2.34. The van der Waals surface area contributed by atoms with Crippen LogP contribution in [0.5, 0.6) is 11.5 Å². The van der Waals surface area contributed by atoms with E-state index in [9.17, 15) is 9.59 Å². The molecule has 1 aliphatic heterocycles. The largest absolute Gasteiger partial charge is 0.490 e. The van der Waals surface area contributed by atoms with Crippen LogP contribution in [0.25, 0.3) is 0 Å². The number of hydrogen-bond acceptors (Lipinski definition) is 5. The number of benzene rings is 1. The third kappa shape index (κ3) is 6.12. The normalized spacial score (nSPS) is 19.7. The summed E-state index contributed by atoms with van der Waals surface area (Å²) in [5, 5.41) is 11.8. The second-order valence-corrected chi connectivity index (χ2v) is 8.05. The van der Waals surface area contributed by atoms with Gasteiger partial charge in [0.05, 0.1) is 12.7 Å². The molecule has 1 fully saturated rings. The summed E-state index contributed by atoms with van der Waals surface area (Å²) in [6, 6.07) is 4.74. The van der Waals surface area contributed by atoms with Gasteiger partial charge in [0.15, 0.2) is 18.1 Å². The van der Waals surface area contributed by atoms with Gasteiger partial charge in [0, 0.05) is 24.6 Å². The van der Waals surface area contributed by atoms with Crippen LogP contribution in [-0.4, -0.2) is 49.5 Å². The average Bonchev–Trinajstić information content (AvgIpc) is 2.64. The maximum absolute atomic E-state index is 12.6. The number of nitrogens with one attached hydrogen (secondary N) is 1. The molecule has 1 aromatic rings. The van der Waals surface area contributed by atoms with E-state index < -0.39 is 12.6 Å². The number of carbonyl (C=O) groups is 2. The summed E-state index contributed by atoms with van der Waals surface area (Å²) in [6.45, 7) is 9.49. The lowest BCUT2D eigenvalue weighted by atomic mass is 9.78. The molecular formula is C21H31NO6. The molecule has 0 saturated carbocycles. The monoisotopic (exact) mass is 393 g/mol. The minimum atomic E-state index is -1.08. The van der Waals surface area contributed by atoms with E-state index in [2.05, 4.69) is 26.1 Å². The van der Waals surface area contributed by atoms with Crippen molar-refractivity contribution in [1.82, 2.24) is 5.32 Å². The molecule has 1 aromatic carbocycles. The van der Waals surface area contributed by atoms with Crippen LogP contribution in [0.1, 0.15) is 50.9 Å². The highest BCUT2D eigenvalue weighted by Gasteiger charge is 2.35. The van der Waals surface area contributed by atoms with Gasteiger partial charge in [0.2, 0.25) is 0 Å². The first-order valence-corrected chi connectivity index (χ1v) is 9.73. The van der Waals surface area contributed by atoms with Crippen LogP contribution in [0.4, 0.5) is 0 Å². The number of ether oxygens (including phenoxy) is 3. The zero-order valence-corrected chi connectivity index (χ0v) is 17.1. The zero-order chi connectivity index (χ0) is 20.7. The highest BCUT2D eigenvalue weighted by atomic mass is 16.5. The van der Waals surface area contributed by atoms with Crippen molar-refractivity contribution in [2.24, 2.45) is 11.3 Å². The summed E-state index contributed by atoms with van der Waals surface area (Å²) < 4.78 is 16.7. The summed E-state index contributed by atoms with van der Waals surface area (Å²) in [5.41, 5.74) is 0.455. The Hall–Kier alpha value is -2.28. The third-order valence-electron chi connectivity index (χ3n) is 4.68. The molecule has 0 radical (unpaired) electrons. The van der Waals surface area contributed by atoms with Crippen LogP contribution in [0.3, 0.4) is 0 Å². The van der Waals surface area contributed by atoms with Gasteiger partial charge in [-0.3, -0.25) is 4.79 Å². The fraction of sp³-hybridized carbons (Fsp3) is 0.619. The van der Waals surface area contributed by atoms with E-state index in [1.807, 2.05) is 6.92 Å². The predicted octanol–water partition coefficient (Wildman–Crippen LogP) is 3.12. The Bertz CT molecular complexity index is 682. The standard InChI is InChI=1S/C21H31NO6/c1-5-26-17-11-14(8-9-16(17)28-13-18(23)24)20(25)22-12-15-7-6-10-27-19(15)21(2,3)4/h8-9,11,15,19H,5-7,10,12-13H2,1-4H3,(H,22,25)(H,23,24). The van der Waals surface area contributed by atoms with Crippen molar-refractivity contribution in [2.45, 2.75) is 46.6 Å². The van der Waals surface area contributed by atoms with Gasteiger partial charge in [-0.2, -0.15) is 0 Å². The van der Waals surface area contributed by atoms with Crippen LogP contribution in [0, 0.1) is 11.3 Å². The van der Waals surface area contributed by atoms with Gasteiger partial charge in [0.25, 0.3) is 5.91 Å². The molecule has 2 N–H and O–H groups in total. The fourth-order valence-corrected chi connectivity index (χ4v) is 3.51. The van der Waals surface area contributed by atoms with Crippen LogP contribution in [0.15, 0.2) is 18.2 Å². The lowest BCUT2D eigenvalue weighted by Gasteiger charge is -2.40. The minimum Gasteiger partial charge on any atom is -0.490 e. The lowest BCUT2D eigenvalue weighted by molar-refractivity contribution is -0.139. The first-order chi connectivity index (χ1) is 13.2. The number of hydrogen-bond donors (Lipinski definition) is 2. The van der Waals surface area contributed by atoms with Crippen LogP contribution < -0.4 is 14.8 Å². The number of carboxylic acids is 1. The van der Waals surface area contributed by atoms with Crippen molar-refractivity contribution in [3.05, 3.63) is 23.8 Å². The van der Waals surface area contributed by atoms with Crippen LogP contribution >= 0.6 is 0 Å². The Balaban J connectivity index is 2.04. The van der Waals surface area contributed by atoms with Crippen molar-refractivity contribution in [3.63, 3.8) is 0 Å². The smallest absolute Gasteiger partial charge is 0.341 e. The summed E-state index contributed by atoms with van der Waals surface area (Å²) in [6.07, 6.45) is 2.12. The Kier molecular flexibility index (Phi) is 7.69. The molecule has 0 bridgehead atoms. The number of aliphatic carboxylic acids is 1. The molecule has 156 valence electrons. The number of rotatable bonds is 8. The van der Waals surface area contributed by atoms with Gasteiger partial charge < -0.3 is 24.6 Å². The van der Waals surface area contributed by atoms with Gasteiger partial charge in [-0.15, -0.1) is 0 Å². The minimum absolute atomic E-state index is 0.0150. The summed E-state index contributed by atoms with van der Waals surface area (Å²) in [4.78, 5) is 23.3. The number of amides is 1. The molecule has 1 aliphatic rings. The van der Waals surface area contributed by atoms with E-state index in [0.29, 0.717) is 30.2 Å². The molecule has 7 nitrogen and oxygen atoms in total. The fourth-order valence-electron chi connectivity index (χ4n) is 3.51. The summed E-state index contributed by atoms with van der Waals surface area (Å²) in [7, 11) is 0. The van der Waals surface area contributed by atoms with Crippen molar-refractivity contribution in [3.8, 4) is 11.5 Å². The van der Waals surface area contributed by atoms with Crippen molar-refractivity contribution < 1.29 is 28.9 Å². The number of carbonyl (C=O) groups excluding carboxylic acids is 1. The lowest BCUT2D eigenvalue weighted by Crippen LogP contribution is -2.45. The molecule has 28 heavy (non-hydrogen) atoms. The van der Waals surface area contributed by atoms with E-state index in [0.717, 1.165) is 19.4 Å². The quantitative estimate of drug-likeness (QED) is 0.705. The molecule has 1 saturated heterocycles. The summed E-state index contributed by atoms with van der Waals surface area (Å²) >= 11 is 0. The predicted molar refractivity (Wildman–Crippen MR) is 105 cm³/mol. The highest BCUT2D eigenvalue weighted by molar-refractivity contribution is 5.94. The maximum atomic E-state index is 12.6. The first kappa shape index (κ1) is 22.0. The van der Waals surface area contributed by atoms with E-state index in [-0.39, 0.29) is 23.3 Å². The molecule has 1 amide bonds. The molecule has 0 aromatic heterocycles. The maximum Gasteiger partial charge on any atom is 0.341 e. The van der Waals surface area contributed by atoms with E-state index in [4.69, 9.17) is 19.3 Å². The third-order valence-corrected chi connectivity index (χ3v) is 4.68. The Morgan fingerprint density at radius 3 is 2.64 bits per heavy atom. The van der Waals surface area contributed by atoms with E-state index >= 15 is 0 Å². The van der Waals surface area contributed by atoms with Gasteiger partial charge in [-0.25, -0.2) is 4.79 Å². The van der Waals surface area contributed by atoms with Crippen LogP contribution in [-0.2, 0) is 9.53 Å². The van der Waals surface area contributed by atoms with Crippen molar-refractivity contribution in [2.75, 3.05) is 26.4 Å². The molecule has 0 aliphatic carbocycles. The van der Waals surface area contributed by atoms with Crippen LogP contribution in [0.2, 0.25) is 0 Å². The molecule has 2 rings (SSSR count). The average molecular weight is 393 g/mol. The zero-order valence-electron chi connectivity index (χ0n) is 17.1. The van der Waals surface area contributed by atoms with Crippen molar-refractivity contribution >= 4 is 11.9 Å². The van der Waals surface area contributed by atoms with Gasteiger partial charge in [-0.05, 0) is 43.4 Å². The second-order valence-electron chi connectivity index (χ2n) is 8.05. The Labute approximate surface area is 166 Å². The SMILES string of the molecule is CCOc1cc(C(=O)NCC2CCCOC2C(C)(C)C)ccc1OCC(=O)O. The van der Waals surface area contributed by atoms with Gasteiger partial charge in [-0.1, -0.05) is 20.8 Å². The Morgan fingerprint density at radius 2 is 2.00 bits per heavy atom. The topological polar surface area (TPSA) is 94.1 Å². The molecule has 2 unspecified atom stereocenters. The summed E-state index contributed by atoms with van der Waals surface area (Å²) in [5.74, 6) is -0.363. The Morgan fingerprint density at radius 1 is 1.25 bits per heavy atom. The molecule has 1 heterocycles. The molecule has 0 spiro atoms. The van der Waals surface area contributed by atoms with E-state index in [1.165, 1.54) is 0 Å². The molecule has 2 atom stereocenters. The number of carboxylic acid groups (broad SMARTS) is 1. The van der Waals surface area contributed by atoms with Crippen molar-refractivity contribution in [1.29, 1.82) is 0 Å². The van der Waals surface area contributed by atoms with E-state index in [1.54, 1.807) is 18.2 Å². The van der Waals surface area contributed by atoms with Gasteiger partial charge in [0.1, 0.15) is 0 Å². The second kappa shape index (κ2) is 9.78. The van der Waals surface area contributed by atoms with Gasteiger partial charge >= 0.3 is 5.97 Å². The molecule has 7 heteroatoms. The first-order valence-electron chi connectivity index (χ1n) is 9.73. The molecular weight excluding hydrogens is 362 g/mol.